The van der Waals surface area contributed by atoms with Crippen LogP contribution in [0.3, 0.4) is 0 Å². The Morgan fingerprint density at radius 1 is 1.46 bits per heavy atom. The number of carbonyl (C=O) groups excluding carboxylic acids is 1. The minimum atomic E-state index is -0.407. The van der Waals surface area contributed by atoms with E-state index in [0.29, 0.717) is 6.54 Å². The summed E-state index contributed by atoms with van der Waals surface area (Å²) < 4.78 is 5.06. The van der Waals surface area contributed by atoms with Gasteiger partial charge >= 0.3 is 5.97 Å². The van der Waals surface area contributed by atoms with Crippen LogP contribution in [0, 0.1) is 0 Å². The van der Waals surface area contributed by atoms with E-state index in [9.17, 15) is 4.79 Å². The first-order chi connectivity index (χ1) is 5.95. The molecule has 0 spiro atoms. The molecule has 3 nitrogen and oxygen atoms in total. The van der Waals surface area contributed by atoms with Crippen molar-refractivity contribution in [3.05, 3.63) is 12.2 Å². The topological polar surface area (TPSA) is 52.3 Å². The first-order valence-corrected chi connectivity index (χ1v) is 4.55. The van der Waals surface area contributed by atoms with E-state index in [1.54, 1.807) is 6.08 Å². The molecule has 0 heterocycles. The largest absolute Gasteiger partial charge is 0.457 e. The third-order valence-electron chi connectivity index (χ3n) is 1.24. The predicted octanol–water partition coefficient (Wildman–Crippen LogP) is 1.62. The van der Waals surface area contributed by atoms with Crippen molar-refractivity contribution in [2.75, 3.05) is 6.54 Å². The summed E-state index contributed by atoms with van der Waals surface area (Å²) in [5.41, 5.74) is 4.89. The highest BCUT2D eigenvalue weighted by Crippen LogP contribution is 2.07. The zero-order valence-electron chi connectivity index (χ0n) is 8.67. The molecule has 0 fully saturated rings. The number of hydrogen-bond donors (Lipinski definition) is 1. The zero-order valence-corrected chi connectivity index (χ0v) is 8.67. The van der Waals surface area contributed by atoms with Crippen molar-refractivity contribution in [3.63, 3.8) is 0 Å². The Labute approximate surface area is 79.9 Å². The molecule has 0 bridgehead atoms. The average molecular weight is 185 g/mol. The van der Waals surface area contributed by atoms with Gasteiger partial charge in [0.15, 0.2) is 0 Å². The Kier molecular flexibility index (Phi) is 5.39. The molecule has 0 aliphatic carbocycles. The van der Waals surface area contributed by atoms with Crippen LogP contribution in [0.2, 0.25) is 0 Å². The van der Waals surface area contributed by atoms with Gasteiger partial charge in [0.05, 0.1) is 0 Å². The van der Waals surface area contributed by atoms with Crippen molar-refractivity contribution in [3.8, 4) is 0 Å². The smallest absolute Gasteiger partial charge is 0.330 e. The molecule has 0 saturated carbocycles. The first-order valence-electron chi connectivity index (χ1n) is 4.55. The Bertz CT molecular complexity index is 180. The molecule has 13 heavy (non-hydrogen) atoms. The minimum absolute atomic E-state index is 0.287. The molecule has 3 heteroatoms. The summed E-state index contributed by atoms with van der Waals surface area (Å²) in [7, 11) is 0. The van der Waals surface area contributed by atoms with E-state index in [4.69, 9.17) is 10.5 Å². The van der Waals surface area contributed by atoms with E-state index in [1.807, 2.05) is 20.8 Å². The Hall–Kier alpha value is -0.830. The van der Waals surface area contributed by atoms with Gasteiger partial charge in [-0.2, -0.15) is 0 Å². The molecule has 0 aliphatic rings. The molecule has 76 valence electrons. The second-order valence-corrected chi connectivity index (χ2v) is 3.87. The van der Waals surface area contributed by atoms with Gasteiger partial charge in [-0.05, 0) is 40.2 Å². The number of allylic oxidation sites excluding steroid dienone is 1. The van der Waals surface area contributed by atoms with Crippen molar-refractivity contribution in [2.24, 2.45) is 5.73 Å². The van der Waals surface area contributed by atoms with Crippen LogP contribution in [0.25, 0.3) is 0 Å². The van der Waals surface area contributed by atoms with Crippen LogP contribution in [0.15, 0.2) is 12.2 Å². The van der Waals surface area contributed by atoms with Gasteiger partial charge < -0.3 is 10.5 Å². The molecule has 2 N–H and O–H groups in total. The highest BCUT2D eigenvalue weighted by Gasteiger charge is 2.13. The van der Waals surface area contributed by atoms with E-state index < -0.39 is 5.60 Å². The van der Waals surface area contributed by atoms with Crippen LogP contribution in [-0.4, -0.2) is 18.1 Å². The second-order valence-electron chi connectivity index (χ2n) is 3.87. The highest BCUT2D eigenvalue weighted by atomic mass is 16.6. The summed E-state index contributed by atoms with van der Waals surface area (Å²) in [6.45, 7) is 6.19. The van der Waals surface area contributed by atoms with Crippen LogP contribution in [0.4, 0.5) is 0 Å². The van der Waals surface area contributed by atoms with Crippen LogP contribution < -0.4 is 5.73 Å². The summed E-state index contributed by atoms with van der Waals surface area (Å²) >= 11 is 0. The van der Waals surface area contributed by atoms with Gasteiger partial charge in [0.1, 0.15) is 5.60 Å². The molecule has 0 aromatic rings. The molecule has 0 aromatic heterocycles. The molecule has 0 radical (unpaired) electrons. The van der Waals surface area contributed by atoms with E-state index in [2.05, 4.69) is 0 Å². The predicted molar refractivity (Wildman–Crippen MR) is 53.3 cm³/mol. The third-order valence-corrected chi connectivity index (χ3v) is 1.24. The number of rotatable bonds is 4. The lowest BCUT2D eigenvalue weighted by Crippen LogP contribution is -2.22. The van der Waals surface area contributed by atoms with E-state index in [-0.39, 0.29) is 5.97 Å². The Morgan fingerprint density at radius 2 is 2.08 bits per heavy atom. The van der Waals surface area contributed by atoms with Crippen molar-refractivity contribution < 1.29 is 9.53 Å². The van der Waals surface area contributed by atoms with Crippen molar-refractivity contribution >= 4 is 5.97 Å². The normalized spacial score (nSPS) is 12.0. The molecule has 0 aliphatic heterocycles. The van der Waals surface area contributed by atoms with Crippen molar-refractivity contribution in [2.45, 2.75) is 39.2 Å². The SMILES string of the molecule is CC(C)(C)OC(=O)/C=C/CCCN. The molecular weight excluding hydrogens is 166 g/mol. The van der Waals surface area contributed by atoms with Crippen LogP contribution >= 0.6 is 0 Å². The van der Waals surface area contributed by atoms with Crippen LogP contribution in [-0.2, 0) is 9.53 Å². The molecule has 0 aromatic carbocycles. The first kappa shape index (κ1) is 12.2. The van der Waals surface area contributed by atoms with Crippen molar-refractivity contribution in [1.82, 2.24) is 0 Å². The molecule has 0 atom stereocenters. The maximum absolute atomic E-state index is 11.1. The molecule has 0 saturated heterocycles. The van der Waals surface area contributed by atoms with Gasteiger partial charge in [-0.3, -0.25) is 0 Å². The monoisotopic (exact) mass is 185 g/mol. The fraction of sp³-hybridized carbons (Fsp3) is 0.700. The number of unbranched alkanes of at least 4 members (excludes halogenated alkanes) is 1. The minimum Gasteiger partial charge on any atom is -0.457 e. The lowest BCUT2D eigenvalue weighted by Gasteiger charge is -2.17. The molecular formula is C10H19NO2. The third kappa shape index (κ3) is 9.08. The summed E-state index contributed by atoms with van der Waals surface area (Å²) in [5.74, 6) is -0.287. The van der Waals surface area contributed by atoms with Gasteiger partial charge in [-0.1, -0.05) is 6.08 Å². The molecule has 0 unspecified atom stereocenters. The molecule has 0 amide bonds. The maximum Gasteiger partial charge on any atom is 0.330 e. The van der Waals surface area contributed by atoms with E-state index in [1.165, 1.54) is 6.08 Å². The summed E-state index contributed by atoms with van der Waals surface area (Å²) in [6.07, 6.45) is 4.98. The number of nitrogens with two attached hydrogens (primary N) is 1. The molecule has 0 rings (SSSR count). The van der Waals surface area contributed by atoms with Crippen molar-refractivity contribution in [1.29, 1.82) is 0 Å². The van der Waals surface area contributed by atoms with E-state index in [0.717, 1.165) is 12.8 Å². The lowest BCUT2D eigenvalue weighted by atomic mass is 10.2. The van der Waals surface area contributed by atoms with Crippen LogP contribution in [0.1, 0.15) is 33.6 Å². The summed E-state index contributed by atoms with van der Waals surface area (Å²) in [4.78, 5) is 11.1. The van der Waals surface area contributed by atoms with Gasteiger partial charge in [-0.15, -0.1) is 0 Å². The van der Waals surface area contributed by atoms with Gasteiger partial charge in [-0.25, -0.2) is 4.79 Å². The zero-order chi connectivity index (χ0) is 10.3. The fourth-order valence-corrected chi connectivity index (χ4v) is 0.751. The van der Waals surface area contributed by atoms with Gasteiger partial charge in [0.2, 0.25) is 0 Å². The number of esters is 1. The highest BCUT2D eigenvalue weighted by molar-refractivity contribution is 5.82. The Morgan fingerprint density at radius 3 is 2.54 bits per heavy atom. The average Bonchev–Trinajstić information content (AvgIpc) is 1.94. The fourth-order valence-electron chi connectivity index (χ4n) is 0.751. The number of carbonyl (C=O) groups is 1. The standard InChI is InChI=1S/C10H19NO2/c1-10(2,3)13-9(12)7-5-4-6-8-11/h5,7H,4,6,8,11H2,1-3H3/b7-5+. The second kappa shape index (κ2) is 5.75. The summed E-state index contributed by atoms with van der Waals surface area (Å²) in [6, 6.07) is 0. The quantitative estimate of drug-likeness (QED) is 0.411. The lowest BCUT2D eigenvalue weighted by molar-refractivity contribution is -0.148. The summed E-state index contributed by atoms with van der Waals surface area (Å²) in [5, 5.41) is 0. The van der Waals surface area contributed by atoms with Gasteiger partial charge in [0, 0.05) is 6.08 Å². The van der Waals surface area contributed by atoms with Gasteiger partial charge in [0.25, 0.3) is 0 Å². The maximum atomic E-state index is 11.1. The van der Waals surface area contributed by atoms with E-state index >= 15 is 0 Å². The van der Waals surface area contributed by atoms with Crippen LogP contribution in [0.5, 0.6) is 0 Å². The number of ether oxygens (including phenoxy) is 1. The Balaban J connectivity index is 3.68. The number of hydrogen-bond acceptors (Lipinski definition) is 3.